The average Bonchev–Trinajstić information content (AvgIpc) is 3.25. The molecule has 1 saturated heterocycles. The number of anilines is 1. The van der Waals surface area contributed by atoms with Gasteiger partial charge >= 0.3 is 5.97 Å². The number of carbonyl (C=O) groups excluding carboxylic acids is 4. The summed E-state index contributed by atoms with van der Waals surface area (Å²) >= 11 is 9.55. The van der Waals surface area contributed by atoms with Gasteiger partial charge < -0.3 is 4.74 Å². The van der Waals surface area contributed by atoms with Gasteiger partial charge in [0, 0.05) is 26.0 Å². The maximum Gasteiger partial charge on any atom is 0.339 e. The van der Waals surface area contributed by atoms with Crippen molar-refractivity contribution in [3.05, 3.63) is 106 Å². The fraction of sp³-hybridized carbons (Fsp3) is 0.156. The smallest absolute Gasteiger partial charge is 0.339 e. The van der Waals surface area contributed by atoms with Crippen LogP contribution >= 0.6 is 27.5 Å². The maximum absolute atomic E-state index is 13.2. The number of hydrogen-bond acceptors (Lipinski definition) is 6. The molecule has 7 nitrogen and oxygen atoms in total. The predicted octanol–water partition coefficient (Wildman–Crippen LogP) is 6.81. The van der Waals surface area contributed by atoms with E-state index in [0.717, 1.165) is 4.47 Å². The molecule has 2 atom stereocenters. The standard InChI is InChI=1S/C32H22BrClN2O5/c33-20-9-5-19(6-10-20)29(37)17-41-32(40)26-16-28(35-27-14-11-21(34)15-25(26)27)18-7-12-22(13-8-18)36-30(38)23-3-1-2-4-24(23)31(36)39/h1-2,5-16,23-24H,3-4,17H2. The maximum atomic E-state index is 13.2. The SMILES string of the molecule is O=C(COC(=O)c1cc(-c2ccc(N3C(=O)C4CC=CCC4C3=O)cc2)nc2ccc(Cl)cc12)c1ccc(Br)cc1. The Balaban J connectivity index is 1.28. The van der Waals surface area contributed by atoms with Gasteiger partial charge in [-0.05, 0) is 61.4 Å². The van der Waals surface area contributed by atoms with Crippen LogP contribution in [0.3, 0.4) is 0 Å². The zero-order chi connectivity index (χ0) is 28.7. The lowest BCUT2D eigenvalue weighted by Crippen LogP contribution is -2.30. The molecular formula is C32H22BrClN2O5. The van der Waals surface area contributed by atoms with E-state index in [2.05, 4.69) is 15.9 Å². The Morgan fingerprint density at radius 2 is 1.56 bits per heavy atom. The molecule has 9 heteroatoms. The van der Waals surface area contributed by atoms with Crippen LogP contribution in [-0.2, 0) is 14.3 Å². The molecule has 0 spiro atoms. The zero-order valence-electron chi connectivity index (χ0n) is 21.6. The van der Waals surface area contributed by atoms with Crippen LogP contribution in [0.4, 0.5) is 5.69 Å². The number of ether oxygens (including phenoxy) is 1. The number of rotatable bonds is 6. The molecule has 0 N–H and O–H groups in total. The molecule has 1 fully saturated rings. The van der Waals surface area contributed by atoms with Gasteiger partial charge in [-0.3, -0.25) is 19.3 Å². The first kappa shape index (κ1) is 27.1. The van der Waals surface area contributed by atoms with E-state index in [0.29, 0.717) is 51.3 Å². The van der Waals surface area contributed by atoms with Gasteiger partial charge in [0.25, 0.3) is 0 Å². The number of Topliss-reactive ketones (excluding diaryl/α,β-unsaturated/α-hetero) is 1. The molecule has 0 bridgehead atoms. The van der Waals surface area contributed by atoms with Crippen molar-refractivity contribution in [2.75, 3.05) is 11.5 Å². The number of fused-ring (bicyclic) bond motifs is 2. The second kappa shape index (κ2) is 11.0. The summed E-state index contributed by atoms with van der Waals surface area (Å²) in [6.07, 6.45) is 5.05. The lowest BCUT2D eigenvalue weighted by molar-refractivity contribution is -0.122. The second-order valence-electron chi connectivity index (χ2n) is 9.94. The minimum atomic E-state index is -0.688. The number of amides is 2. The predicted molar refractivity (Wildman–Crippen MR) is 159 cm³/mol. The molecule has 1 aromatic heterocycles. The van der Waals surface area contributed by atoms with Crippen molar-refractivity contribution in [2.45, 2.75) is 12.8 Å². The first-order valence-electron chi connectivity index (χ1n) is 13.0. The number of pyridine rings is 1. The van der Waals surface area contributed by atoms with E-state index in [-0.39, 0.29) is 35.0 Å². The van der Waals surface area contributed by atoms with Gasteiger partial charge in [-0.1, -0.05) is 63.9 Å². The number of halogens is 2. The minimum absolute atomic E-state index is 0.180. The summed E-state index contributed by atoms with van der Waals surface area (Å²) in [6.45, 7) is -0.426. The number of ketones is 1. The van der Waals surface area contributed by atoms with Crippen LogP contribution in [0.1, 0.15) is 33.6 Å². The van der Waals surface area contributed by atoms with E-state index >= 15 is 0 Å². The molecule has 1 aliphatic carbocycles. The Hall–Kier alpha value is -4.14. The number of aromatic nitrogens is 1. The van der Waals surface area contributed by atoms with E-state index in [1.807, 2.05) is 12.2 Å². The van der Waals surface area contributed by atoms with Crippen LogP contribution in [0.15, 0.2) is 89.4 Å². The molecule has 41 heavy (non-hydrogen) atoms. The quantitative estimate of drug-likeness (QED) is 0.101. The Labute approximate surface area is 248 Å². The lowest BCUT2D eigenvalue weighted by atomic mass is 9.85. The fourth-order valence-corrected chi connectivity index (χ4v) is 5.72. The Bertz CT molecular complexity index is 1720. The highest BCUT2D eigenvalue weighted by Crippen LogP contribution is 2.38. The summed E-state index contributed by atoms with van der Waals surface area (Å²) in [5.41, 5.74) is 2.80. The molecule has 2 aliphatic rings. The van der Waals surface area contributed by atoms with Crippen molar-refractivity contribution in [3.8, 4) is 11.3 Å². The van der Waals surface area contributed by atoms with E-state index in [4.69, 9.17) is 21.3 Å². The summed E-state index contributed by atoms with van der Waals surface area (Å²) in [4.78, 5) is 57.8. The van der Waals surface area contributed by atoms with Gasteiger partial charge in [-0.2, -0.15) is 0 Å². The number of hydrogen-bond donors (Lipinski definition) is 0. The molecule has 0 radical (unpaired) electrons. The molecule has 3 aromatic carbocycles. The zero-order valence-corrected chi connectivity index (χ0v) is 23.9. The fourth-order valence-electron chi connectivity index (χ4n) is 5.28. The van der Waals surface area contributed by atoms with Crippen LogP contribution in [-0.4, -0.2) is 35.2 Å². The highest BCUT2D eigenvalue weighted by molar-refractivity contribution is 9.10. The topological polar surface area (TPSA) is 93.6 Å². The monoisotopic (exact) mass is 628 g/mol. The molecule has 0 saturated carbocycles. The van der Waals surface area contributed by atoms with Gasteiger partial charge in [-0.25, -0.2) is 9.78 Å². The summed E-state index contributed by atoms with van der Waals surface area (Å²) < 4.78 is 6.25. The third kappa shape index (κ3) is 5.21. The number of esters is 1. The van der Waals surface area contributed by atoms with E-state index in [1.54, 1.807) is 72.8 Å². The van der Waals surface area contributed by atoms with Crippen LogP contribution in [0.5, 0.6) is 0 Å². The minimum Gasteiger partial charge on any atom is -0.454 e. The molecule has 2 amide bonds. The molecule has 2 heterocycles. The Morgan fingerprint density at radius 1 is 0.902 bits per heavy atom. The van der Waals surface area contributed by atoms with Crippen molar-refractivity contribution in [3.63, 3.8) is 0 Å². The first-order valence-corrected chi connectivity index (χ1v) is 14.2. The van der Waals surface area contributed by atoms with Crippen molar-refractivity contribution in [2.24, 2.45) is 11.8 Å². The van der Waals surface area contributed by atoms with Crippen LogP contribution in [0.25, 0.3) is 22.2 Å². The van der Waals surface area contributed by atoms with Gasteiger partial charge in [0.2, 0.25) is 11.8 Å². The largest absolute Gasteiger partial charge is 0.454 e. The Kier molecular flexibility index (Phi) is 7.28. The number of benzene rings is 3. The van der Waals surface area contributed by atoms with Crippen molar-refractivity contribution in [1.29, 1.82) is 0 Å². The van der Waals surface area contributed by atoms with Gasteiger partial charge in [0.1, 0.15) is 0 Å². The summed E-state index contributed by atoms with van der Waals surface area (Å²) in [5.74, 6) is -2.01. The summed E-state index contributed by atoms with van der Waals surface area (Å²) in [6, 6.07) is 20.3. The van der Waals surface area contributed by atoms with Crippen LogP contribution in [0, 0.1) is 11.8 Å². The van der Waals surface area contributed by atoms with Crippen LogP contribution in [0.2, 0.25) is 5.02 Å². The van der Waals surface area contributed by atoms with E-state index in [9.17, 15) is 19.2 Å². The van der Waals surface area contributed by atoms with Gasteiger partial charge in [-0.15, -0.1) is 0 Å². The highest BCUT2D eigenvalue weighted by Gasteiger charge is 2.47. The number of nitrogens with zero attached hydrogens (tertiary/aromatic N) is 2. The normalized spacial score (nSPS) is 18.0. The van der Waals surface area contributed by atoms with Crippen LogP contribution < -0.4 is 4.90 Å². The molecule has 1 aliphatic heterocycles. The third-order valence-corrected chi connectivity index (χ3v) is 8.18. The molecule has 4 aromatic rings. The number of imide groups is 1. The average molecular weight is 630 g/mol. The second-order valence-corrected chi connectivity index (χ2v) is 11.3. The van der Waals surface area contributed by atoms with Crippen molar-refractivity contribution < 1.29 is 23.9 Å². The lowest BCUT2D eigenvalue weighted by Gasteiger charge is -2.15. The van der Waals surface area contributed by atoms with E-state index in [1.165, 1.54) is 4.90 Å². The van der Waals surface area contributed by atoms with Crippen molar-refractivity contribution in [1.82, 2.24) is 4.98 Å². The molecular weight excluding hydrogens is 608 g/mol. The third-order valence-electron chi connectivity index (χ3n) is 7.42. The van der Waals surface area contributed by atoms with Gasteiger partial charge in [0.05, 0.1) is 34.3 Å². The number of allylic oxidation sites excluding steroid dienone is 2. The first-order chi connectivity index (χ1) is 19.8. The summed E-state index contributed by atoms with van der Waals surface area (Å²) in [5, 5.41) is 0.913. The summed E-state index contributed by atoms with van der Waals surface area (Å²) in [7, 11) is 0. The highest BCUT2D eigenvalue weighted by atomic mass is 79.9. The molecule has 6 rings (SSSR count). The molecule has 204 valence electrons. The molecule has 2 unspecified atom stereocenters. The van der Waals surface area contributed by atoms with E-state index < -0.39 is 12.6 Å². The number of carbonyl (C=O) groups is 4. The van der Waals surface area contributed by atoms with Gasteiger partial charge in [0.15, 0.2) is 12.4 Å². The van der Waals surface area contributed by atoms with Crippen molar-refractivity contribution >= 4 is 67.7 Å². The Morgan fingerprint density at radius 3 is 2.22 bits per heavy atom.